The standard InChI is InChI=1S/C24H45NO3/c1-5-6-7-8-9-10-11-12-13-17-24(27)18-20-15-14-16-21(19-24)25(20)22(26)28-23(2,3)4/h20-21,27H,5-19H2,1-4H3. The lowest BCUT2D eigenvalue weighted by Crippen LogP contribution is -2.60. The molecule has 0 spiro atoms. The van der Waals surface area contributed by atoms with Crippen molar-refractivity contribution in [1.29, 1.82) is 0 Å². The molecule has 164 valence electrons. The number of nitrogens with zero attached hydrogens (tertiary/aromatic N) is 1. The summed E-state index contributed by atoms with van der Waals surface area (Å²) in [6.07, 6.45) is 17.0. The van der Waals surface area contributed by atoms with Crippen molar-refractivity contribution in [2.24, 2.45) is 0 Å². The van der Waals surface area contributed by atoms with Gasteiger partial charge in [0.2, 0.25) is 0 Å². The molecule has 4 nitrogen and oxygen atoms in total. The molecule has 0 radical (unpaired) electrons. The molecule has 0 aliphatic carbocycles. The molecule has 4 heteroatoms. The van der Waals surface area contributed by atoms with Gasteiger partial charge in [0.1, 0.15) is 5.60 Å². The van der Waals surface area contributed by atoms with E-state index in [0.717, 1.165) is 44.9 Å². The molecule has 2 saturated heterocycles. The van der Waals surface area contributed by atoms with E-state index < -0.39 is 11.2 Å². The highest BCUT2D eigenvalue weighted by atomic mass is 16.6. The van der Waals surface area contributed by atoms with E-state index in [1.807, 2.05) is 25.7 Å². The van der Waals surface area contributed by atoms with Gasteiger partial charge in [0.15, 0.2) is 0 Å². The fourth-order valence-corrected chi connectivity index (χ4v) is 5.11. The van der Waals surface area contributed by atoms with Crippen LogP contribution in [0.1, 0.15) is 124 Å². The van der Waals surface area contributed by atoms with Crippen molar-refractivity contribution in [2.75, 3.05) is 0 Å². The van der Waals surface area contributed by atoms with Crippen LogP contribution in [0.15, 0.2) is 0 Å². The number of rotatable bonds is 10. The van der Waals surface area contributed by atoms with Crippen molar-refractivity contribution in [3.8, 4) is 0 Å². The molecule has 1 N–H and O–H groups in total. The average Bonchev–Trinajstić information content (AvgIpc) is 2.58. The van der Waals surface area contributed by atoms with Gasteiger partial charge in [-0.2, -0.15) is 0 Å². The van der Waals surface area contributed by atoms with Crippen LogP contribution in [0.2, 0.25) is 0 Å². The van der Waals surface area contributed by atoms with Gasteiger partial charge in [0, 0.05) is 12.1 Å². The van der Waals surface area contributed by atoms with Crippen LogP contribution in [0.25, 0.3) is 0 Å². The molecule has 0 saturated carbocycles. The maximum atomic E-state index is 12.7. The summed E-state index contributed by atoms with van der Waals surface area (Å²) in [5.74, 6) is 0. The Balaban J connectivity index is 1.73. The van der Waals surface area contributed by atoms with Gasteiger partial charge in [-0.05, 0) is 59.3 Å². The molecule has 0 aromatic carbocycles. The van der Waals surface area contributed by atoms with Gasteiger partial charge >= 0.3 is 6.09 Å². The predicted octanol–water partition coefficient (Wildman–Crippen LogP) is 6.59. The molecule has 0 aromatic heterocycles. The van der Waals surface area contributed by atoms with Crippen molar-refractivity contribution >= 4 is 6.09 Å². The Hall–Kier alpha value is -0.770. The third-order valence-electron chi connectivity index (χ3n) is 6.44. The molecular weight excluding hydrogens is 350 g/mol. The van der Waals surface area contributed by atoms with Crippen molar-refractivity contribution in [3.05, 3.63) is 0 Å². The summed E-state index contributed by atoms with van der Waals surface area (Å²) in [5.41, 5.74) is -1.05. The fraction of sp³-hybridized carbons (Fsp3) is 0.958. The third-order valence-corrected chi connectivity index (χ3v) is 6.44. The fourth-order valence-electron chi connectivity index (χ4n) is 5.11. The van der Waals surface area contributed by atoms with Crippen LogP contribution in [0.3, 0.4) is 0 Å². The molecule has 2 aliphatic heterocycles. The lowest BCUT2D eigenvalue weighted by Gasteiger charge is -2.51. The molecule has 28 heavy (non-hydrogen) atoms. The first-order valence-corrected chi connectivity index (χ1v) is 12.0. The van der Waals surface area contributed by atoms with Crippen LogP contribution in [-0.2, 0) is 4.74 Å². The number of piperidine rings is 2. The number of amides is 1. The summed E-state index contributed by atoms with van der Waals surface area (Å²) >= 11 is 0. The topological polar surface area (TPSA) is 49.8 Å². The van der Waals surface area contributed by atoms with Crippen molar-refractivity contribution in [2.45, 2.75) is 147 Å². The van der Waals surface area contributed by atoms with Gasteiger partial charge in [-0.25, -0.2) is 4.79 Å². The number of fused-ring (bicyclic) bond motifs is 2. The Morgan fingerprint density at radius 2 is 1.46 bits per heavy atom. The summed E-state index contributed by atoms with van der Waals surface area (Å²) in [5, 5.41) is 11.2. The minimum Gasteiger partial charge on any atom is -0.444 e. The zero-order chi connectivity index (χ0) is 20.6. The average molecular weight is 396 g/mol. The third kappa shape index (κ3) is 7.57. The number of aliphatic hydroxyl groups is 1. The first kappa shape index (κ1) is 23.5. The van der Waals surface area contributed by atoms with E-state index in [-0.39, 0.29) is 18.2 Å². The Morgan fingerprint density at radius 3 is 1.96 bits per heavy atom. The lowest BCUT2D eigenvalue weighted by molar-refractivity contribution is -0.0965. The molecule has 2 heterocycles. The summed E-state index contributed by atoms with van der Waals surface area (Å²) in [4.78, 5) is 14.6. The maximum Gasteiger partial charge on any atom is 0.410 e. The second kappa shape index (κ2) is 10.8. The highest BCUT2D eigenvalue weighted by Gasteiger charge is 2.47. The van der Waals surface area contributed by atoms with E-state index in [9.17, 15) is 9.90 Å². The van der Waals surface area contributed by atoms with Gasteiger partial charge < -0.3 is 14.7 Å². The molecule has 2 fully saturated rings. The lowest BCUT2D eigenvalue weighted by atomic mass is 9.73. The smallest absolute Gasteiger partial charge is 0.410 e. The van der Waals surface area contributed by atoms with Crippen LogP contribution < -0.4 is 0 Å². The summed E-state index contributed by atoms with van der Waals surface area (Å²) < 4.78 is 5.65. The van der Waals surface area contributed by atoms with Gasteiger partial charge in [-0.1, -0.05) is 64.7 Å². The van der Waals surface area contributed by atoms with Crippen molar-refractivity contribution in [1.82, 2.24) is 4.90 Å². The molecule has 2 bridgehead atoms. The van der Waals surface area contributed by atoms with Crippen LogP contribution in [0.4, 0.5) is 4.79 Å². The maximum absolute atomic E-state index is 12.7. The molecule has 2 rings (SSSR count). The number of hydrogen-bond acceptors (Lipinski definition) is 3. The first-order valence-electron chi connectivity index (χ1n) is 12.0. The van der Waals surface area contributed by atoms with E-state index >= 15 is 0 Å². The minimum absolute atomic E-state index is 0.144. The molecule has 0 aromatic rings. The number of ether oxygens (including phenoxy) is 1. The second-order valence-corrected chi connectivity index (χ2v) is 10.3. The summed E-state index contributed by atoms with van der Waals surface area (Å²) in [7, 11) is 0. The van der Waals surface area contributed by atoms with E-state index in [0.29, 0.717) is 0 Å². The normalized spacial score (nSPS) is 27.7. The molecule has 2 unspecified atom stereocenters. The Bertz CT molecular complexity index is 457. The summed E-state index contributed by atoms with van der Waals surface area (Å²) in [6, 6.07) is 0.289. The Labute approximate surface area is 173 Å². The number of hydrogen-bond donors (Lipinski definition) is 1. The minimum atomic E-state index is -0.588. The van der Waals surface area contributed by atoms with Crippen LogP contribution in [0, 0.1) is 0 Å². The number of unbranched alkanes of at least 4 members (excludes halogenated alkanes) is 8. The molecule has 2 aliphatic rings. The van der Waals surface area contributed by atoms with E-state index in [1.165, 1.54) is 51.4 Å². The van der Waals surface area contributed by atoms with Gasteiger partial charge in [0.05, 0.1) is 5.60 Å². The number of carbonyl (C=O) groups excluding carboxylic acids is 1. The molecule has 1 amide bonds. The predicted molar refractivity (Wildman–Crippen MR) is 116 cm³/mol. The van der Waals surface area contributed by atoms with Crippen LogP contribution in [0.5, 0.6) is 0 Å². The molecule has 2 atom stereocenters. The van der Waals surface area contributed by atoms with Crippen LogP contribution >= 0.6 is 0 Å². The van der Waals surface area contributed by atoms with Gasteiger partial charge in [0.25, 0.3) is 0 Å². The van der Waals surface area contributed by atoms with Crippen LogP contribution in [-0.4, -0.2) is 39.4 Å². The Kier molecular flexibility index (Phi) is 9.11. The monoisotopic (exact) mass is 395 g/mol. The largest absolute Gasteiger partial charge is 0.444 e. The zero-order valence-electron chi connectivity index (χ0n) is 19.0. The number of carbonyl (C=O) groups is 1. The van der Waals surface area contributed by atoms with Gasteiger partial charge in [-0.15, -0.1) is 0 Å². The van der Waals surface area contributed by atoms with Gasteiger partial charge in [-0.3, -0.25) is 0 Å². The highest BCUT2D eigenvalue weighted by molar-refractivity contribution is 5.69. The first-order chi connectivity index (χ1) is 13.2. The van der Waals surface area contributed by atoms with E-state index in [4.69, 9.17) is 4.74 Å². The van der Waals surface area contributed by atoms with Crippen molar-refractivity contribution in [3.63, 3.8) is 0 Å². The SMILES string of the molecule is CCCCCCCCCCCC1(O)CC2CCCC(C1)N2C(=O)OC(C)(C)C. The van der Waals surface area contributed by atoms with E-state index in [1.54, 1.807) is 0 Å². The zero-order valence-corrected chi connectivity index (χ0v) is 19.0. The summed E-state index contributed by atoms with van der Waals surface area (Å²) in [6.45, 7) is 8.03. The Morgan fingerprint density at radius 1 is 0.964 bits per heavy atom. The highest BCUT2D eigenvalue weighted by Crippen LogP contribution is 2.42. The molecular formula is C24H45NO3. The van der Waals surface area contributed by atoms with Crippen molar-refractivity contribution < 1.29 is 14.6 Å². The second-order valence-electron chi connectivity index (χ2n) is 10.3. The quantitative estimate of drug-likeness (QED) is 0.424. The van der Waals surface area contributed by atoms with E-state index in [2.05, 4.69) is 6.92 Å².